The Morgan fingerprint density at radius 2 is 2.50 bits per heavy atom. The minimum absolute atomic E-state index is 0.0450. The van der Waals surface area contributed by atoms with Crippen LogP contribution in [-0.2, 0) is 4.79 Å². The molecule has 6 nitrogen and oxygen atoms in total. The van der Waals surface area contributed by atoms with Crippen molar-refractivity contribution in [2.24, 2.45) is 0 Å². The third-order valence-corrected chi connectivity index (χ3v) is 2.83. The van der Waals surface area contributed by atoms with Crippen molar-refractivity contribution >= 4 is 5.91 Å². The van der Waals surface area contributed by atoms with E-state index >= 15 is 0 Å². The SMILES string of the molecule is CC(NC(=O)[C@@H]1CCCCN1)c1ncn[nH]1. The van der Waals surface area contributed by atoms with Crippen molar-refractivity contribution in [3.8, 4) is 0 Å². The fourth-order valence-electron chi connectivity index (χ4n) is 1.88. The van der Waals surface area contributed by atoms with Crippen LogP contribution in [0.5, 0.6) is 0 Å². The molecule has 2 rings (SSSR count). The molecule has 0 aliphatic carbocycles. The molecule has 1 aliphatic rings. The second kappa shape index (κ2) is 5.07. The summed E-state index contributed by atoms with van der Waals surface area (Å²) in [5.41, 5.74) is 0. The molecule has 1 aliphatic heterocycles. The molecule has 1 unspecified atom stereocenters. The second-order valence-corrected chi connectivity index (χ2v) is 4.10. The van der Waals surface area contributed by atoms with Gasteiger partial charge in [0.15, 0.2) is 0 Å². The molecule has 0 saturated carbocycles. The van der Waals surface area contributed by atoms with E-state index in [2.05, 4.69) is 25.8 Å². The molecule has 3 N–H and O–H groups in total. The van der Waals surface area contributed by atoms with E-state index in [1.165, 1.54) is 6.33 Å². The summed E-state index contributed by atoms with van der Waals surface area (Å²) in [5, 5.41) is 12.6. The van der Waals surface area contributed by atoms with Crippen LogP contribution in [-0.4, -0.2) is 33.7 Å². The number of hydrogen-bond acceptors (Lipinski definition) is 4. The smallest absolute Gasteiger partial charge is 0.237 e. The summed E-state index contributed by atoms with van der Waals surface area (Å²) >= 11 is 0. The van der Waals surface area contributed by atoms with Crippen molar-refractivity contribution in [3.05, 3.63) is 12.2 Å². The Labute approximate surface area is 94.2 Å². The average molecular weight is 223 g/mol. The molecule has 2 atom stereocenters. The summed E-state index contributed by atoms with van der Waals surface area (Å²) in [6.45, 7) is 2.82. The summed E-state index contributed by atoms with van der Waals surface area (Å²) in [6, 6.07) is -0.183. The highest BCUT2D eigenvalue weighted by atomic mass is 16.2. The minimum atomic E-state index is -0.126. The topological polar surface area (TPSA) is 82.7 Å². The highest BCUT2D eigenvalue weighted by Crippen LogP contribution is 2.09. The van der Waals surface area contributed by atoms with Gasteiger partial charge in [-0.2, -0.15) is 5.10 Å². The van der Waals surface area contributed by atoms with Gasteiger partial charge in [-0.05, 0) is 26.3 Å². The van der Waals surface area contributed by atoms with Crippen LogP contribution in [0.4, 0.5) is 0 Å². The fraction of sp³-hybridized carbons (Fsp3) is 0.700. The molecule has 16 heavy (non-hydrogen) atoms. The van der Waals surface area contributed by atoms with Crippen LogP contribution in [0.15, 0.2) is 6.33 Å². The Balaban J connectivity index is 1.86. The average Bonchev–Trinajstić information content (AvgIpc) is 2.83. The van der Waals surface area contributed by atoms with Gasteiger partial charge >= 0.3 is 0 Å². The maximum absolute atomic E-state index is 11.9. The van der Waals surface area contributed by atoms with Gasteiger partial charge in [0, 0.05) is 0 Å². The molecular formula is C10H17N5O. The number of carbonyl (C=O) groups excluding carboxylic acids is 1. The summed E-state index contributed by atoms with van der Waals surface area (Å²) in [7, 11) is 0. The van der Waals surface area contributed by atoms with Crippen molar-refractivity contribution in [2.75, 3.05) is 6.54 Å². The van der Waals surface area contributed by atoms with E-state index in [0.29, 0.717) is 5.82 Å². The molecule has 2 heterocycles. The fourth-order valence-corrected chi connectivity index (χ4v) is 1.88. The quantitative estimate of drug-likeness (QED) is 0.680. The normalized spacial score (nSPS) is 22.7. The second-order valence-electron chi connectivity index (χ2n) is 4.10. The molecule has 6 heteroatoms. The van der Waals surface area contributed by atoms with Crippen molar-refractivity contribution in [1.82, 2.24) is 25.8 Å². The third kappa shape index (κ3) is 2.57. The largest absolute Gasteiger partial charge is 0.345 e. The first-order valence-electron chi connectivity index (χ1n) is 5.66. The van der Waals surface area contributed by atoms with E-state index in [-0.39, 0.29) is 18.0 Å². The first-order valence-corrected chi connectivity index (χ1v) is 5.66. The van der Waals surface area contributed by atoms with Gasteiger partial charge in [-0.15, -0.1) is 0 Å². The van der Waals surface area contributed by atoms with E-state index in [9.17, 15) is 4.79 Å². The number of rotatable bonds is 3. The maximum Gasteiger partial charge on any atom is 0.237 e. The summed E-state index contributed by atoms with van der Waals surface area (Å²) in [5.74, 6) is 0.729. The van der Waals surface area contributed by atoms with Gasteiger partial charge in [0.2, 0.25) is 5.91 Å². The predicted octanol–water partition coefficient (Wildman–Crippen LogP) is 0.124. The molecule has 1 aromatic rings. The summed E-state index contributed by atoms with van der Waals surface area (Å²) in [4.78, 5) is 15.9. The molecular weight excluding hydrogens is 206 g/mol. The third-order valence-electron chi connectivity index (χ3n) is 2.83. The number of nitrogens with one attached hydrogen (secondary N) is 3. The molecule has 1 aromatic heterocycles. The number of aromatic amines is 1. The van der Waals surface area contributed by atoms with Crippen molar-refractivity contribution in [2.45, 2.75) is 38.3 Å². The van der Waals surface area contributed by atoms with Crippen LogP contribution < -0.4 is 10.6 Å². The number of aromatic nitrogens is 3. The zero-order valence-electron chi connectivity index (χ0n) is 9.36. The first-order chi connectivity index (χ1) is 7.77. The Morgan fingerprint density at radius 1 is 1.62 bits per heavy atom. The maximum atomic E-state index is 11.9. The van der Waals surface area contributed by atoms with Gasteiger partial charge < -0.3 is 10.6 Å². The lowest BCUT2D eigenvalue weighted by molar-refractivity contribution is -0.124. The Bertz CT molecular complexity index is 331. The Hall–Kier alpha value is -1.43. The van der Waals surface area contributed by atoms with Gasteiger partial charge in [0.05, 0.1) is 12.1 Å². The zero-order valence-corrected chi connectivity index (χ0v) is 9.36. The highest BCUT2D eigenvalue weighted by Gasteiger charge is 2.22. The predicted molar refractivity (Wildman–Crippen MR) is 58.6 cm³/mol. The van der Waals surface area contributed by atoms with Crippen LogP contribution in [0.2, 0.25) is 0 Å². The van der Waals surface area contributed by atoms with Crippen molar-refractivity contribution < 1.29 is 4.79 Å². The van der Waals surface area contributed by atoms with E-state index in [4.69, 9.17) is 0 Å². The lowest BCUT2D eigenvalue weighted by Gasteiger charge is -2.23. The number of nitrogens with zero attached hydrogens (tertiary/aromatic N) is 2. The molecule has 1 amide bonds. The van der Waals surface area contributed by atoms with Gasteiger partial charge in [-0.1, -0.05) is 6.42 Å². The number of H-pyrrole nitrogens is 1. The lowest BCUT2D eigenvalue weighted by atomic mass is 10.0. The van der Waals surface area contributed by atoms with Crippen LogP contribution in [0.1, 0.15) is 38.1 Å². The Kier molecular flexibility index (Phi) is 3.51. The minimum Gasteiger partial charge on any atom is -0.345 e. The number of amides is 1. The van der Waals surface area contributed by atoms with E-state index < -0.39 is 0 Å². The van der Waals surface area contributed by atoms with Crippen molar-refractivity contribution in [1.29, 1.82) is 0 Å². The number of piperidine rings is 1. The standard InChI is InChI=1S/C10H17N5O/c1-7(9-12-6-13-15-9)14-10(16)8-4-2-3-5-11-8/h6-8,11H,2-5H2,1H3,(H,14,16)(H,12,13,15)/t7?,8-/m0/s1. The molecule has 1 fully saturated rings. The Morgan fingerprint density at radius 3 is 3.12 bits per heavy atom. The van der Waals surface area contributed by atoms with Crippen LogP contribution in [0.25, 0.3) is 0 Å². The van der Waals surface area contributed by atoms with Crippen LogP contribution in [0, 0.1) is 0 Å². The van der Waals surface area contributed by atoms with Gasteiger partial charge in [-0.3, -0.25) is 9.89 Å². The molecule has 88 valence electrons. The molecule has 0 radical (unpaired) electrons. The monoisotopic (exact) mass is 223 g/mol. The lowest BCUT2D eigenvalue weighted by Crippen LogP contribution is -2.47. The number of carbonyl (C=O) groups is 1. The summed E-state index contributed by atoms with van der Waals surface area (Å²) < 4.78 is 0. The molecule has 0 bridgehead atoms. The van der Waals surface area contributed by atoms with Crippen molar-refractivity contribution in [3.63, 3.8) is 0 Å². The summed E-state index contributed by atoms with van der Waals surface area (Å²) in [6.07, 6.45) is 4.62. The van der Waals surface area contributed by atoms with Crippen LogP contribution >= 0.6 is 0 Å². The van der Waals surface area contributed by atoms with E-state index in [1.807, 2.05) is 6.92 Å². The van der Waals surface area contributed by atoms with E-state index in [0.717, 1.165) is 25.8 Å². The highest BCUT2D eigenvalue weighted by molar-refractivity contribution is 5.82. The van der Waals surface area contributed by atoms with Gasteiger partial charge in [0.25, 0.3) is 0 Å². The zero-order chi connectivity index (χ0) is 11.4. The van der Waals surface area contributed by atoms with Gasteiger partial charge in [-0.25, -0.2) is 4.98 Å². The van der Waals surface area contributed by atoms with Crippen LogP contribution in [0.3, 0.4) is 0 Å². The molecule has 0 spiro atoms. The number of hydrogen-bond donors (Lipinski definition) is 3. The van der Waals surface area contributed by atoms with Gasteiger partial charge in [0.1, 0.15) is 12.2 Å². The van der Waals surface area contributed by atoms with E-state index in [1.54, 1.807) is 0 Å². The molecule has 1 saturated heterocycles. The molecule has 0 aromatic carbocycles. The first kappa shape index (κ1) is 11.1.